The number of aromatic nitrogens is 3. The second-order valence-corrected chi connectivity index (χ2v) is 13.7. The lowest BCUT2D eigenvalue weighted by molar-refractivity contribution is 0.0696. The van der Waals surface area contributed by atoms with E-state index in [1.807, 2.05) is 26.8 Å². The minimum Gasteiger partial charge on any atom is -0.611 e. The van der Waals surface area contributed by atoms with Crippen molar-refractivity contribution < 1.29 is 19.2 Å². The predicted molar refractivity (Wildman–Crippen MR) is 170 cm³/mol. The first-order valence-electron chi connectivity index (χ1n) is 14.1. The standard InChI is InChI=1S/C30H40N8O4S/c1-19(20(2)31)27(32)36-28-22-15-25(43(41)30(3,4)5)24(16-23(22)34-18-35-28)42-14-6-9-37-10-12-38(13-11-37)26-8-7-21(17-33-26)29(39)40/h7-8,15-18,31H,6,9-14,32H2,1-5H3,(H,39,40)(H,34,35,36)/b27-19+,31-20?. The molecule has 0 bridgehead atoms. The fraction of sp³-hybridized carbons (Fsp3) is 0.433. The fourth-order valence-corrected chi connectivity index (χ4v) is 5.73. The van der Waals surface area contributed by atoms with E-state index in [0.717, 1.165) is 45.0 Å². The lowest BCUT2D eigenvalue weighted by Crippen LogP contribution is -2.47. The Hall–Kier alpha value is -3.94. The first kappa shape index (κ1) is 32.0. The van der Waals surface area contributed by atoms with Crippen LogP contribution in [0.15, 0.2) is 53.1 Å². The average molecular weight is 609 g/mol. The minimum absolute atomic E-state index is 0.180. The van der Waals surface area contributed by atoms with E-state index < -0.39 is 21.9 Å². The molecular formula is C30H40N8O4S. The number of carboxylic acids is 1. The summed E-state index contributed by atoms with van der Waals surface area (Å²) in [6.45, 7) is 13.8. The van der Waals surface area contributed by atoms with Crippen LogP contribution in [0.3, 0.4) is 0 Å². The van der Waals surface area contributed by atoms with E-state index in [4.69, 9.17) is 21.0 Å². The fourth-order valence-electron chi connectivity index (χ4n) is 4.55. The normalized spacial score (nSPS) is 15.6. The predicted octanol–water partition coefficient (Wildman–Crippen LogP) is 3.86. The molecule has 2 aromatic heterocycles. The number of nitrogens with one attached hydrogen (secondary N) is 2. The maximum absolute atomic E-state index is 13.6. The van der Waals surface area contributed by atoms with Gasteiger partial charge < -0.3 is 35.8 Å². The summed E-state index contributed by atoms with van der Waals surface area (Å²) >= 11 is -1.38. The Labute approximate surface area is 255 Å². The monoisotopic (exact) mass is 608 g/mol. The van der Waals surface area contributed by atoms with Gasteiger partial charge in [-0.1, -0.05) is 0 Å². The summed E-state index contributed by atoms with van der Waals surface area (Å²) in [7, 11) is 0. The summed E-state index contributed by atoms with van der Waals surface area (Å²) in [6.07, 6.45) is 3.61. The molecule has 230 valence electrons. The number of benzene rings is 1. The van der Waals surface area contributed by atoms with Gasteiger partial charge in [0, 0.05) is 67.7 Å². The molecule has 3 aromatic rings. The molecule has 43 heavy (non-hydrogen) atoms. The number of anilines is 2. The van der Waals surface area contributed by atoms with Crippen molar-refractivity contribution in [3.05, 3.63) is 53.7 Å². The maximum atomic E-state index is 13.6. The van der Waals surface area contributed by atoms with Gasteiger partial charge in [-0.3, -0.25) is 4.90 Å². The smallest absolute Gasteiger partial charge is 0.337 e. The first-order chi connectivity index (χ1) is 20.3. The van der Waals surface area contributed by atoms with Crippen LogP contribution in [0.2, 0.25) is 0 Å². The third-order valence-electron chi connectivity index (χ3n) is 7.24. The summed E-state index contributed by atoms with van der Waals surface area (Å²) in [6, 6.07) is 6.95. The van der Waals surface area contributed by atoms with E-state index in [1.54, 1.807) is 32.0 Å². The lowest BCUT2D eigenvalue weighted by Gasteiger charge is -2.35. The summed E-state index contributed by atoms with van der Waals surface area (Å²) in [5, 5.41) is 20.7. The summed E-state index contributed by atoms with van der Waals surface area (Å²) in [5.74, 6) is 1.11. The Morgan fingerprint density at radius 3 is 2.49 bits per heavy atom. The molecule has 1 aliphatic rings. The van der Waals surface area contributed by atoms with Crippen LogP contribution in [0.1, 0.15) is 51.4 Å². The zero-order valence-corrected chi connectivity index (χ0v) is 26.1. The molecule has 1 atom stereocenters. The minimum atomic E-state index is -1.38. The third kappa shape index (κ3) is 7.92. The van der Waals surface area contributed by atoms with E-state index in [-0.39, 0.29) is 5.56 Å². The SMILES string of the molecule is CC(=N)/C(C)=C(\N)Nc1ncnc2cc(OCCCN3CCN(c4ccc(C(=O)O)cn4)CC3)c([S+]([O-])C(C)(C)C)cc12. The number of fused-ring (bicyclic) bond motifs is 1. The summed E-state index contributed by atoms with van der Waals surface area (Å²) < 4.78 is 19.3. The Morgan fingerprint density at radius 2 is 1.88 bits per heavy atom. The lowest BCUT2D eigenvalue weighted by atomic mass is 10.2. The van der Waals surface area contributed by atoms with Gasteiger partial charge in [-0.15, -0.1) is 0 Å². The molecule has 12 nitrogen and oxygen atoms in total. The molecule has 5 N–H and O–H groups in total. The highest BCUT2D eigenvalue weighted by atomic mass is 32.2. The van der Waals surface area contributed by atoms with E-state index >= 15 is 0 Å². The third-order valence-corrected chi connectivity index (χ3v) is 9.07. The average Bonchev–Trinajstić information content (AvgIpc) is 2.98. The number of hydrogen-bond donors (Lipinski definition) is 4. The molecule has 1 aliphatic heterocycles. The van der Waals surface area contributed by atoms with Crippen molar-refractivity contribution in [3.63, 3.8) is 0 Å². The molecule has 0 amide bonds. The van der Waals surface area contributed by atoms with Crippen LogP contribution >= 0.6 is 0 Å². The first-order valence-corrected chi connectivity index (χ1v) is 15.3. The van der Waals surface area contributed by atoms with Gasteiger partial charge in [0.1, 0.15) is 28.5 Å². The topological polar surface area (TPSA) is 177 Å². The molecule has 1 fully saturated rings. The van der Waals surface area contributed by atoms with Gasteiger partial charge in [0.15, 0.2) is 10.6 Å². The molecule has 0 radical (unpaired) electrons. The quantitative estimate of drug-likeness (QED) is 0.141. The largest absolute Gasteiger partial charge is 0.611 e. The number of carbonyl (C=O) groups is 1. The Morgan fingerprint density at radius 1 is 1.16 bits per heavy atom. The zero-order valence-electron chi connectivity index (χ0n) is 25.3. The Bertz CT molecular complexity index is 1500. The maximum Gasteiger partial charge on any atom is 0.337 e. The highest BCUT2D eigenvalue weighted by Crippen LogP contribution is 2.36. The van der Waals surface area contributed by atoms with Crippen LogP contribution in [-0.2, 0) is 11.2 Å². The van der Waals surface area contributed by atoms with Crippen LogP contribution in [0.5, 0.6) is 5.75 Å². The highest BCUT2D eigenvalue weighted by Gasteiger charge is 2.32. The van der Waals surface area contributed by atoms with Crippen molar-refractivity contribution in [2.45, 2.75) is 50.7 Å². The number of hydrogen-bond acceptors (Lipinski definition) is 11. The van der Waals surface area contributed by atoms with Crippen molar-refractivity contribution >= 4 is 45.4 Å². The molecular weight excluding hydrogens is 568 g/mol. The van der Waals surface area contributed by atoms with E-state index in [9.17, 15) is 9.35 Å². The molecule has 3 heterocycles. The van der Waals surface area contributed by atoms with E-state index in [2.05, 4.69) is 30.1 Å². The van der Waals surface area contributed by atoms with Gasteiger partial charge in [-0.05, 0) is 64.3 Å². The van der Waals surface area contributed by atoms with Crippen LogP contribution in [0.25, 0.3) is 10.9 Å². The molecule has 0 spiro atoms. The van der Waals surface area contributed by atoms with Crippen LogP contribution in [-0.4, -0.2) is 85.3 Å². The van der Waals surface area contributed by atoms with E-state index in [1.165, 1.54) is 12.5 Å². The second-order valence-electron chi connectivity index (χ2n) is 11.4. The summed E-state index contributed by atoms with van der Waals surface area (Å²) in [4.78, 5) is 29.3. The molecule has 0 saturated carbocycles. The van der Waals surface area contributed by atoms with Gasteiger partial charge in [-0.25, -0.2) is 19.7 Å². The number of allylic oxidation sites excluding steroid dienone is 1. The van der Waals surface area contributed by atoms with Crippen LogP contribution in [0.4, 0.5) is 11.6 Å². The number of nitrogens with two attached hydrogens (primary N) is 1. The molecule has 1 unspecified atom stereocenters. The number of carboxylic acid groups (broad SMARTS) is 1. The molecule has 1 aromatic carbocycles. The number of nitrogens with zero attached hydrogens (tertiary/aromatic N) is 5. The molecule has 0 aliphatic carbocycles. The summed E-state index contributed by atoms with van der Waals surface area (Å²) in [5.41, 5.74) is 7.95. The van der Waals surface area contributed by atoms with Crippen molar-refractivity contribution in [2.24, 2.45) is 5.73 Å². The Kier molecular flexibility index (Phi) is 10.1. The van der Waals surface area contributed by atoms with Crippen molar-refractivity contribution in [1.29, 1.82) is 5.41 Å². The Balaban J connectivity index is 1.42. The molecule has 1 saturated heterocycles. The van der Waals surface area contributed by atoms with Crippen LogP contribution < -0.4 is 20.7 Å². The number of rotatable bonds is 11. The van der Waals surface area contributed by atoms with Gasteiger partial charge in [-0.2, -0.15) is 0 Å². The second kappa shape index (κ2) is 13.6. The van der Waals surface area contributed by atoms with Crippen LogP contribution in [0, 0.1) is 5.41 Å². The van der Waals surface area contributed by atoms with E-state index in [0.29, 0.717) is 51.1 Å². The van der Waals surface area contributed by atoms with Gasteiger partial charge in [0.25, 0.3) is 0 Å². The molecule has 4 rings (SSSR count). The number of ether oxygens (including phenoxy) is 1. The number of pyridine rings is 1. The van der Waals surface area contributed by atoms with Crippen molar-refractivity contribution in [2.75, 3.05) is 49.5 Å². The number of aromatic carboxylic acids is 1. The van der Waals surface area contributed by atoms with Crippen molar-refractivity contribution in [1.82, 2.24) is 19.9 Å². The van der Waals surface area contributed by atoms with Gasteiger partial charge in [0.05, 0.1) is 17.7 Å². The molecule has 13 heteroatoms. The van der Waals surface area contributed by atoms with Crippen molar-refractivity contribution in [3.8, 4) is 5.75 Å². The number of piperazine rings is 1. The highest BCUT2D eigenvalue weighted by molar-refractivity contribution is 7.92. The van der Waals surface area contributed by atoms with Gasteiger partial charge in [0.2, 0.25) is 0 Å². The van der Waals surface area contributed by atoms with Gasteiger partial charge >= 0.3 is 5.97 Å². The zero-order chi connectivity index (χ0) is 31.3.